The number of unbranched alkanes of at least 4 members (excludes halogenated alkanes) is 1. The molecule has 42 heavy (non-hydrogen) atoms. The van der Waals surface area contributed by atoms with Crippen LogP contribution in [0.4, 0.5) is 5.95 Å². The number of nitrogens with zero attached hydrogens (tertiary/aromatic N) is 3. The lowest BCUT2D eigenvalue weighted by Gasteiger charge is -2.29. The highest BCUT2D eigenvalue weighted by Gasteiger charge is 2.37. The molecule has 0 saturated carbocycles. The molecule has 0 saturated heterocycles. The SMILES string of the molecule is CCCCOC(=O)C1=C(C)Nc2nc(SCc3ccccc3Cl)nn2C1c1cc(Br)ccc1OCc1ccc(C)cc1. The van der Waals surface area contributed by atoms with Crippen molar-refractivity contribution in [1.82, 2.24) is 14.8 Å². The van der Waals surface area contributed by atoms with Crippen LogP contribution in [0.15, 0.2) is 87.6 Å². The number of rotatable bonds is 11. The Morgan fingerprint density at radius 3 is 2.67 bits per heavy atom. The van der Waals surface area contributed by atoms with Crippen LogP contribution in [0.1, 0.15) is 55.0 Å². The number of ether oxygens (including phenoxy) is 2. The van der Waals surface area contributed by atoms with Crippen LogP contribution >= 0.6 is 39.3 Å². The number of allylic oxidation sites excluding steroid dienone is 1. The third-order valence-electron chi connectivity index (χ3n) is 6.88. The third-order valence-corrected chi connectivity index (χ3v) is 8.63. The van der Waals surface area contributed by atoms with Crippen LogP contribution in [0.5, 0.6) is 5.75 Å². The highest BCUT2D eigenvalue weighted by molar-refractivity contribution is 9.10. The zero-order valence-corrected chi connectivity index (χ0v) is 26.9. The third kappa shape index (κ3) is 7.02. The molecule has 0 aliphatic carbocycles. The average Bonchev–Trinajstić information content (AvgIpc) is 3.38. The molecule has 3 aromatic carbocycles. The second-order valence-corrected chi connectivity index (χ2v) is 12.3. The lowest BCUT2D eigenvalue weighted by Crippen LogP contribution is -2.30. The average molecular weight is 668 g/mol. The fraction of sp³-hybridized carbons (Fsp3) is 0.281. The number of fused-ring (bicyclic) bond motifs is 1. The maximum absolute atomic E-state index is 13.6. The van der Waals surface area contributed by atoms with Crippen molar-refractivity contribution < 1.29 is 14.3 Å². The molecule has 1 N–H and O–H groups in total. The largest absolute Gasteiger partial charge is 0.489 e. The van der Waals surface area contributed by atoms with E-state index in [-0.39, 0.29) is 0 Å². The number of aryl methyl sites for hydroxylation is 1. The van der Waals surface area contributed by atoms with Gasteiger partial charge in [0.1, 0.15) is 18.4 Å². The lowest BCUT2D eigenvalue weighted by atomic mass is 9.95. The first-order valence-electron chi connectivity index (χ1n) is 13.8. The molecule has 0 spiro atoms. The van der Waals surface area contributed by atoms with E-state index < -0.39 is 12.0 Å². The van der Waals surface area contributed by atoms with Crippen LogP contribution < -0.4 is 10.1 Å². The molecule has 0 amide bonds. The van der Waals surface area contributed by atoms with Gasteiger partial charge in [-0.15, -0.1) is 5.10 Å². The summed E-state index contributed by atoms with van der Waals surface area (Å²) < 4.78 is 14.7. The fourth-order valence-corrected chi connectivity index (χ4v) is 6.09. The molecule has 1 aromatic heterocycles. The molecule has 4 aromatic rings. The van der Waals surface area contributed by atoms with E-state index in [4.69, 9.17) is 31.2 Å². The Morgan fingerprint density at radius 2 is 1.90 bits per heavy atom. The Hall–Kier alpha value is -3.27. The van der Waals surface area contributed by atoms with Crippen molar-refractivity contribution in [1.29, 1.82) is 0 Å². The Balaban J connectivity index is 1.52. The lowest BCUT2D eigenvalue weighted by molar-refractivity contribution is -0.139. The van der Waals surface area contributed by atoms with Crippen LogP contribution in [0, 0.1) is 6.92 Å². The van der Waals surface area contributed by atoms with Crippen molar-refractivity contribution in [2.75, 3.05) is 11.9 Å². The van der Waals surface area contributed by atoms with E-state index in [9.17, 15) is 4.79 Å². The van der Waals surface area contributed by atoms with Gasteiger partial charge in [-0.1, -0.05) is 101 Å². The molecule has 218 valence electrons. The van der Waals surface area contributed by atoms with Gasteiger partial charge in [-0.2, -0.15) is 4.98 Å². The summed E-state index contributed by atoms with van der Waals surface area (Å²) in [5.74, 6) is 1.39. The van der Waals surface area contributed by atoms with Crippen molar-refractivity contribution in [2.24, 2.45) is 0 Å². The van der Waals surface area contributed by atoms with E-state index >= 15 is 0 Å². The highest BCUT2D eigenvalue weighted by atomic mass is 79.9. The monoisotopic (exact) mass is 666 g/mol. The number of nitrogens with one attached hydrogen (secondary N) is 1. The zero-order valence-electron chi connectivity index (χ0n) is 23.7. The minimum Gasteiger partial charge on any atom is -0.489 e. The smallest absolute Gasteiger partial charge is 0.338 e. The van der Waals surface area contributed by atoms with Gasteiger partial charge in [0.15, 0.2) is 0 Å². The van der Waals surface area contributed by atoms with Crippen LogP contribution in [0.2, 0.25) is 5.02 Å². The topological polar surface area (TPSA) is 78.3 Å². The summed E-state index contributed by atoms with van der Waals surface area (Å²) in [5.41, 5.74) is 5.12. The fourth-order valence-electron chi connectivity index (χ4n) is 4.60. The molecular weight excluding hydrogens is 636 g/mol. The number of thioether (sulfide) groups is 1. The van der Waals surface area contributed by atoms with Crippen molar-refractivity contribution in [3.05, 3.63) is 110 Å². The van der Waals surface area contributed by atoms with Crippen molar-refractivity contribution >= 4 is 51.2 Å². The van der Waals surface area contributed by atoms with E-state index in [1.54, 1.807) is 4.68 Å². The van der Waals surface area contributed by atoms with E-state index in [0.717, 1.165) is 34.0 Å². The maximum atomic E-state index is 13.6. The maximum Gasteiger partial charge on any atom is 0.338 e. The van der Waals surface area contributed by atoms with Crippen LogP contribution in [0.25, 0.3) is 0 Å². The van der Waals surface area contributed by atoms with Gasteiger partial charge in [-0.25, -0.2) is 9.48 Å². The van der Waals surface area contributed by atoms with Gasteiger partial charge >= 0.3 is 5.97 Å². The molecular formula is C32H32BrClN4O3S. The van der Waals surface area contributed by atoms with Crippen LogP contribution in [-0.2, 0) is 21.9 Å². The first-order chi connectivity index (χ1) is 20.3. The van der Waals surface area contributed by atoms with Gasteiger partial charge in [0.25, 0.3) is 0 Å². The normalized spacial score (nSPS) is 14.4. The quantitative estimate of drug-likeness (QED) is 0.0976. The number of hydrogen-bond donors (Lipinski definition) is 1. The Kier molecular flexibility index (Phi) is 9.92. The number of carbonyl (C=O) groups is 1. The summed E-state index contributed by atoms with van der Waals surface area (Å²) in [6.07, 6.45) is 1.71. The summed E-state index contributed by atoms with van der Waals surface area (Å²) >= 11 is 11.5. The minimum absolute atomic E-state index is 0.344. The first kappa shape index (κ1) is 30.2. The molecule has 2 heterocycles. The zero-order chi connectivity index (χ0) is 29.6. The number of hydrogen-bond acceptors (Lipinski definition) is 7. The summed E-state index contributed by atoms with van der Waals surface area (Å²) in [5, 5.41) is 9.41. The van der Waals surface area contributed by atoms with Crippen molar-refractivity contribution in [3.8, 4) is 5.75 Å². The van der Waals surface area contributed by atoms with Crippen LogP contribution in [-0.4, -0.2) is 27.3 Å². The molecule has 1 aliphatic rings. The molecule has 5 rings (SSSR count). The molecule has 7 nitrogen and oxygen atoms in total. The van der Waals surface area contributed by atoms with Crippen molar-refractivity contribution in [3.63, 3.8) is 0 Å². The number of carbonyl (C=O) groups excluding carboxylic acids is 1. The summed E-state index contributed by atoms with van der Waals surface area (Å²) in [7, 11) is 0. The van der Waals surface area contributed by atoms with Gasteiger partial charge in [0, 0.05) is 26.5 Å². The van der Waals surface area contributed by atoms with Gasteiger partial charge in [-0.3, -0.25) is 0 Å². The van der Waals surface area contributed by atoms with E-state index in [2.05, 4.69) is 59.4 Å². The molecule has 1 aliphatic heterocycles. The second kappa shape index (κ2) is 13.8. The van der Waals surface area contributed by atoms with Gasteiger partial charge in [0.05, 0.1) is 12.2 Å². The van der Waals surface area contributed by atoms with Crippen LogP contribution in [0.3, 0.4) is 0 Å². The molecule has 10 heteroatoms. The second-order valence-electron chi connectivity index (χ2n) is 10.1. The Morgan fingerprint density at radius 1 is 1.12 bits per heavy atom. The Labute approximate surface area is 263 Å². The predicted octanol–water partition coefficient (Wildman–Crippen LogP) is 8.51. The van der Waals surface area contributed by atoms with Gasteiger partial charge in [0.2, 0.25) is 11.1 Å². The van der Waals surface area contributed by atoms with E-state index in [0.29, 0.717) is 52.1 Å². The van der Waals surface area contributed by atoms with E-state index in [1.807, 2.05) is 49.4 Å². The molecule has 0 fully saturated rings. The van der Waals surface area contributed by atoms with E-state index in [1.165, 1.54) is 17.3 Å². The number of benzene rings is 3. The summed E-state index contributed by atoms with van der Waals surface area (Å²) in [6, 6.07) is 21.1. The summed E-state index contributed by atoms with van der Waals surface area (Å²) in [4.78, 5) is 18.4. The molecule has 1 atom stereocenters. The standard InChI is InChI=1S/C32H32BrClN4O3S/c1-4-5-16-40-30(39)28-21(3)35-31-36-32(42-19-23-8-6-7-9-26(23)34)37-38(31)29(28)25-17-24(33)14-15-27(25)41-18-22-12-10-20(2)11-13-22/h6-15,17,29H,4-5,16,18-19H2,1-3H3,(H,35,36,37). The number of halogens is 2. The first-order valence-corrected chi connectivity index (χ1v) is 15.9. The summed E-state index contributed by atoms with van der Waals surface area (Å²) in [6.45, 7) is 6.70. The van der Waals surface area contributed by atoms with Gasteiger partial charge < -0.3 is 14.8 Å². The molecule has 1 unspecified atom stereocenters. The minimum atomic E-state index is -0.622. The number of anilines is 1. The Bertz CT molecular complexity index is 1610. The number of esters is 1. The molecule has 0 bridgehead atoms. The molecule has 0 radical (unpaired) electrons. The number of aromatic nitrogens is 3. The van der Waals surface area contributed by atoms with Crippen molar-refractivity contribution in [2.45, 2.75) is 57.2 Å². The van der Waals surface area contributed by atoms with Gasteiger partial charge in [-0.05, 0) is 55.7 Å². The predicted molar refractivity (Wildman–Crippen MR) is 171 cm³/mol. The highest BCUT2D eigenvalue weighted by Crippen LogP contribution is 2.42.